The molecule has 3 atom stereocenters. The second kappa shape index (κ2) is 9.39. The number of nitrogens with one attached hydrogen (secondary N) is 2. The summed E-state index contributed by atoms with van der Waals surface area (Å²) in [6.45, 7) is 4.95. The van der Waals surface area contributed by atoms with E-state index in [2.05, 4.69) is 27.3 Å². The van der Waals surface area contributed by atoms with Crippen molar-refractivity contribution in [3.63, 3.8) is 0 Å². The van der Waals surface area contributed by atoms with E-state index in [1.165, 1.54) is 0 Å². The van der Waals surface area contributed by atoms with E-state index in [0.717, 1.165) is 48.2 Å². The molecule has 0 bridgehead atoms. The highest BCUT2D eigenvalue weighted by Gasteiger charge is 2.38. The molecule has 6 rings (SSSR count). The van der Waals surface area contributed by atoms with Gasteiger partial charge in [0.1, 0.15) is 17.9 Å². The number of hydrogen-bond acceptors (Lipinski definition) is 6. The minimum Gasteiger partial charge on any atom is -0.489 e. The predicted octanol–water partition coefficient (Wildman–Crippen LogP) is 2.96. The Kier molecular flexibility index (Phi) is 5.92. The van der Waals surface area contributed by atoms with E-state index in [1.807, 2.05) is 36.7 Å². The summed E-state index contributed by atoms with van der Waals surface area (Å²) in [5, 5.41) is 10.7. The molecule has 186 valence electrons. The smallest absolute Gasteiger partial charge is 0.255 e. The van der Waals surface area contributed by atoms with Gasteiger partial charge in [0.15, 0.2) is 5.65 Å². The quantitative estimate of drug-likeness (QED) is 0.556. The summed E-state index contributed by atoms with van der Waals surface area (Å²) in [5.41, 5.74) is 4.18. The van der Waals surface area contributed by atoms with E-state index >= 15 is 0 Å². The van der Waals surface area contributed by atoms with Gasteiger partial charge < -0.3 is 20.3 Å². The van der Waals surface area contributed by atoms with Crippen molar-refractivity contribution < 1.29 is 14.3 Å². The van der Waals surface area contributed by atoms with Crippen LogP contribution in [0.15, 0.2) is 55.1 Å². The number of benzene rings is 1. The highest BCUT2D eigenvalue weighted by molar-refractivity contribution is 6.01. The van der Waals surface area contributed by atoms with Crippen molar-refractivity contribution in [2.75, 3.05) is 0 Å². The van der Waals surface area contributed by atoms with E-state index < -0.39 is 6.04 Å². The molecular weight excluding hydrogens is 456 g/mol. The van der Waals surface area contributed by atoms with Crippen molar-refractivity contribution in [3.05, 3.63) is 71.8 Å². The second-order valence-corrected chi connectivity index (χ2v) is 9.92. The first kappa shape index (κ1) is 22.7. The summed E-state index contributed by atoms with van der Waals surface area (Å²) in [7, 11) is 0. The number of fused-ring (bicyclic) bond motifs is 2. The lowest BCUT2D eigenvalue weighted by molar-refractivity contribution is -0.126. The Labute approximate surface area is 209 Å². The van der Waals surface area contributed by atoms with Crippen LogP contribution in [-0.4, -0.2) is 49.5 Å². The minimum atomic E-state index is -0.456. The lowest BCUT2D eigenvalue weighted by atomic mass is 9.92. The molecule has 1 unspecified atom stereocenters. The molecular formula is C27H30N6O3. The van der Waals surface area contributed by atoms with Crippen LogP contribution in [0.2, 0.25) is 0 Å². The van der Waals surface area contributed by atoms with Gasteiger partial charge >= 0.3 is 0 Å². The summed E-state index contributed by atoms with van der Waals surface area (Å²) in [4.78, 5) is 31.6. The first-order valence-electron chi connectivity index (χ1n) is 12.7. The fourth-order valence-corrected chi connectivity index (χ4v) is 5.54. The van der Waals surface area contributed by atoms with Crippen LogP contribution in [0.4, 0.5) is 0 Å². The third-order valence-corrected chi connectivity index (χ3v) is 7.47. The Morgan fingerprint density at radius 2 is 2.06 bits per heavy atom. The van der Waals surface area contributed by atoms with Gasteiger partial charge in [-0.3, -0.25) is 9.59 Å². The van der Waals surface area contributed by atoms with Crippen molar-refractivity contribution in [2.24, 2.45) is 0 Å². The molecule has 3 aliphatic rings. The van der Waals surface area contributed by atoms with Crippen molar-refractivity contribution in [1.82, 2.24) is 30.1 Å². The molecule has 4 heterocycles. The van der Waals surface area contributed by atoms with Crippen LogP contribution in [0.3, 0.4) is 0 Å². The third kappa shape index (κ3) is 4.35. The first-order chi connectivity index (χ1) is 17.5. The van der Waals surface area contributed by atoms with Gasteiger partial charge in [-0.15, -0.1) is 0 Å². The molecule has 36 heavy (non-hydrogen) atoms. The number of allylic oxidation sites excluding steroid dienone is 1. The van der Waals surface area contributed by atoms with E-state index in [9.17, 15) is 9.59 Å². The van der Waals surface area contributed by atoms with Crippen LogP contribution in [0.25, 0.3) is 5.65 Å². The monoisotopic (exact) mass is 486 g/mol. The molecule has 0 spiro atoms. The number of aromatic nitrogens is 3. The average Bonchev–Trinajstić information content (AvgIpc) is 3.47. The summed E-state index contributed by atoms with van der Waals surface area (Å²) in [6.07, 6.45) is 11.3. The molecule has 2 fully saturated rings. The molecule has 2 aromatic heterocycles. The lowest BCUT2D eigenvalue weighted by Crippen LogP contribution is -2.49. The Balaban J connectivity index is 1.12. The number of hydrogen-bond donors (Lipinski definition) is 2. The Morgan fingerprint density at radius 3 is 2.94 bits per heavy atom. The van der Waals surface area contributed by atoms with Gasteiger partial charge in [-0.05, 0) is 55.9 Å². The number of rotatable bonds is 6. The molecule has 1 saturated heterocycles. The maximum Gasteiger partial charge on any atom is 0.255 e. The fourth-order valence-electron chi connectivity index (χ4n) is 5.54. The normalized spacial score (nSPS) is 24.2. The highest BCUT2D eigenvalue weighted by Crippen LogP contribution is 2.32. The molecule has 2 amide bonds. The lowest BCUT2D eigenvalue weighted by Gasteiger charge is -2.32. The average molecular weight is 487 g/mol. The second-order valence-electron chi connectivity index (χ2n) is 9.92. The van der Waals surface area contributed by atoms with Crippen LogP contribution < -0.4 is 15.4 Å². The van der Waals surface area contributed by atoms with Crippen LogP contribution in [0.1, 0.15) is 60.0 Å². The molecule has 2 N–H and O–H groups in total. The van der Waals surface area contributed by atoms with Crippen LogP contribution in [0.5, 0.6) is 5.75 Å². The predicted molar refractivity (Wildman–Crippen MR) is 133 cm³/mol. The standard InChI is InChI=1S/C27H30N6O3/c1-17-6-9-23(26(34)31-17)32-16-19-12-20(7-8-21(19)27(32)35)36-24-5-3-2-4-22(24)28-13-18-14-29-25-10-11-30-33(25)15-18/h7-8,10-12,14-15,22-24,28H,1-6,9,13,16H2,(H,31,34)/t22-,23?,24-/m0/s1. The van der Waals surface area contributed by atoms with Gasteiger partial charge in [-0.25, -0.2) is 9.50 Å². The van der Waals surface area contributed by atoms with Crippen LogP contribution in [-0.2, 0) is 17.9 Å². The minimum absolute atomic E-state index is 0.0431. The number of piperidine rings is 1. The molecule has 3 aromatic rings. The Morgan fingerprint density at radius 1 is 1.17 bits per heavy atom. The van der Waals surface area contributed by atoms with Crippen LogP contribution in [0, 0.1) is 0 Å². The van der Waals surface area contributed by atoms with Crippen molar-refractivity contribution in [3.8, 4) is 5.75 Å². The summed E-state index contributed by atoms with van der Waals surface area (Å²) >= 11 is 0. The van der Waals surface area contributed by atoms with E-state index in [-0.39, 0.29) is 24.0 Å². The highest BCUT2D eigenvalue weighted by atomic mass is 16.5. The molecule has 2 aliphatic heterocycles. The van der Waals surface area contributed by atoms with Gasteiger partial charge in [-0.2, -0.15) is 5.10 Å². The van der Waals surface area contributed by atoms with E-state index in [1.54, 1.807) is 15.6 Å². The zero-order chi connectivity index (χ0) is 24.6. The molecule has 1 aromatic carbocycles. The van der Waals surface area contributed by atoms with Crippen LogP contribution >= 0.6 is 0 Å². The third-order valence-electron chi connectivity index (χ3n) is 7.47. The molecule has 1 saturated carbocycles. The van der Waals surface area contributed by atoms with Gasteiger partial charge in [-0.1, -0.05) is 13.0 Å². The van der Waals surface area contributed by atoms with Gasteiger partial charge in [0.2, 0.25) is 5.91 Å². The number of nitrogens with zero attached hydrogens (tertiary/aromatic N) is 4. The zero-order valence-electron chi connectivity index (χ0n) is 20.2. The maximum absolute atomic E-state index is 13.0. The fraction of sp³-hybridized carbons (Fsp3) is 0.407. The van der Waals surface area contributed by atoms with Gasteiger partial charge in [0.25, 0.3) is 5.91 Å². The summed E-state index contributed by atoms with van der Waals surface area (Å²) in [5.74, 6) is 0.522. The van der Waals surface area contributed by atoms with Crippen molar-refractivity contribution >= 4 is 17.5 Å². The Hall–Kier alpha value is -3.72. The van der Waals surface area contributed by atoms with Crippen molar-refractivity contribution in [1.29, 1.82) is 0 Å². The molecule has 0 radical (unpaired) electrons. The van der Waals surface area contributed by atoms with Gasteiger partial charge in [0, 0.05) is 54.4 Å². The van der Waals surface area contributed by atoms with Crippen molar-refractivity contribution in [2.45, 2.75) is 69.8 Å². The zero-order valence-corrected chi connectivity index (χ0v) is 20.2. The summed E-state index contributed by atoms with van der Waals surface area (Å²) < 4.78 is 8.26. The SMILES string of the molecule is C=C1CCC(N2Cc3cc(O[C@H]4CCCC[C@@H]4NCc4cnc5ccnn5c4)ccc3C2=O)C(=O)N1. The Bertz CT molecular complexity index is 1330. The number of carbonyl (C=O) groups is 2. The largest absolute Gasteiger partial charge is 0.489 e. The van der Waals surface area contributed by atoms with E-state index in [4.69, 9.17) is 4.74 Å². The maximum atomic E-state index is 13.0. The molecule has 9 heteroatoms. The van der Waals surface area contributed by atoms with Gasteiger partial charge in [0.05, 0.1) is 6.20 Å². The topological polar surface area (TPSA) is 101 Å². The number of ether oxygens (including phenoxy) is 1. The number of carbonyl (C=O) groups excluding carboxylic acids is 2. The first-order valence-corrected chi connectivity index (χ1v) is 12.7. The molecule has 9 nitrogen and oxygen atoms in total. The molecule has 1 aliphatic carbocycles. The van der Waals surface area contributed by atoms with E-state index in [0.29, 0.717) is 37.2 Å². The number of amides is 2. The summed E-state index contributed by atoms with van der Waals surface area (Å²) in [6, 6.07) is 7.33.